The maximum Gasteiger partial charge on any atom is 0.139 e. The second-order valence-corrected chi connectivity index (χ2v) is 10.2. The molecule has 5 rings (SSSR count). The molecule has 0 aliphatic rings. The zero-order valence-corrected chi connectivity index (χ0v) is 22.1. The van der Waals surface area contributed by atoms with Crippen molar-refractivity contribution in [3.63, 3.8) is 0 Å². The standard InChI is InChI=1S/C30H30BBrN2O/c1-2-3-4-5-6-9-16-35-28-11-8-7-10-24(28)27-19-33-29-26-18-21(32)13-15-23(26)22-14-12-20(31)17-25(22)30(29)34-27/h7-8,10-15,17-19H,2-6,9,16,31H2,1H3. The second kappa shape index (κ2) is 10.8. The van der Waals surface area contributed by atoms with Gasteiger partial charge in [-0.3, -0.25) is 4.98 Å². The van der Waals surface area contributed by atoms with E-state index in [-0.39, 0.29) is 0 Å². The molecule has 5 heteroatoms. The molecule has 0 bridgehead atoms. The first-order valence-electron chi connectivity index (χ1n) is 12.7. The van der Waals surface area contributed by atoms with Crippen LogP contribution in [0.1, 0.15) is 45.4 Å². The van der Waals surface area contributed by atoms with E-state index in [1.54, 1.807) is 0 Å². The molecule has 0 amide bonds. The minimum absolute atomic E-state index is 0.727. The molecule has 0 unspecified atom stereocenters. The van der Waals surface area contributed by atoms with E-state index < -0.39 is 0 Å². The van der Waals surface area contributed by atoms with Crippen LogP contribution >= 0.6 is 15.9 Å². The van der Waals surface area contributed by atoms with E-state index >= 15 is 0 Å². The molecule has 0 saturated heterocycles. The topological polar surface area (TPSA) is 35.0 Å². The van der Waals surface area contributed by atoms with Crippen molar-refractivity contribution in [3.05, 3.63) is 71.3 Å². The van der Waals surface area contributed by atoms with Gasteiger partial charge in [0.1, 0.15) is 13.6 Å². The molecule has 1 aromatic heterocycles. The van der Waals surface area contributed by atoms with Crippen LogP contribution in [-0.4, -0.2) is 24.4 Å². The minimum atomic E-state index is 0.727. The van der Waals surface area contributed by atoms with E-state index in [0.29, 0.717) is 0 Å². The summed E-state index contributed by atoms with van der Waals surface area (Å²) in [6.07, 6.45) is 9.38. The van der Waals surface area contributed by atoms with E-state index in [1.807, 2.05) is 24.4 Å². The summed E-state index contributed by atoms with van der Waals surface area (Å²) in [5.41, 5.74) is 4.90. The highest BCUT2D eigenvalue weighted by atomic mass is 79.9. The van der Waals surface area contributed by atoms with Crippen LogP contribution in [0.25, 0.3) is 43.8 Å². The maximum absolute atomic E-state index is 6.23. The molecule has 0 aliphatic heterocycles. The summed E-state index contributed by atoms with van der Waals surface area (Å²) in [4.78, 5) is 10.1. The summed E-state index contributed by atoms with van der Waals surface area (Å²) in [5, 5.41) is 4.64. The lowest BCUT2D eigenvalue weighted by Gasteiger charge is -2.14. The smallest absolute Gasteiger partial charge is 0.139 e. The average molecular weight is 525 g/mol. The van der Waals surface area contributed by atoms with Crippen LogP contribution < -0.4 is 10.2 Å². The van der Waals surface area contributed by atoms with Crippen molar-refractivity contribution in [1.29, 1.82) is 0 Å². The van der Waals surface area contributed by atoms with Crippen LogP contribution in [0.15, 0.2) is 71.3 Å². The number of aromatic nitrogens is 2. The monoisotopic (exact) mass is 524 g/mol. The van der Waals surface area contributed by atoms with Gasteiger partial charge in [-0.05, 0) is 41.5 Å². The predicted octanol–water partition coefficient (Wildman–Crippen LogP) is 7.36. The summed E-state index contributed by atoms with van der Waals surface area (Å²) < 4.78 is 7.27. The fourth-order valence-electron chi connectivity index (χ4n) is 4.81. The summed E-state index contributed by atoms with van der Waals surface area (Å²) >= 11 is 3.64. The number of rotatable bonds is 9. The Morgan fingerprint density at radius 1 is 0.800 bits per heavy atom. The van der Waals surface area contributed by atoms with Crippen molar-refractivity contribution in [1.82, 2.24) is 9.97 Å². The van der Waals surface area contributed by atoms with Crippen molar-refractivity contribution in [3.8, 4) is 17.0 Å². The van der Waals surface area contributed by atoms with E-state index in [1.165, 1.54) is 48.3 Å². The lowest BCUT2D eigenvalue weighted by atomic mass is 9.91. The van der Waals surface area contributed by atoms with Gasteiger partial charge in [-0.1, -0.05) is 96.8 Å². The summed E-state index contributed by atoms with van der Waals surface area (Å²) in [7, 11) is 2.12. The Labute approximate surface area is 216 Å². The quantitative estimate of drug-likeness (QED) is 0.115. The van der Waals surface area contributed by atoms with Crippen molar-refractivity contribution in [2.24, 2.45) is 0 Å². The predicted molar refractivity (Wildman–Crippen MR) is 155 cm³/mol. The van der Waals surface area contributed by atoms with Gasteiger partial charge in [-0.25, -0.2) is 4.98 Å². The van der Waals surface area contributed by atoms with Gasteiger partial charge in [0.05, 0.1) is 29.5 Å². The van der Waals surface area contributed by atoms with Gasteiger partial charge >= 0.3 is 0 Å². The van der Waals surface area contributed by atoms with Crippen LogP contribution in [0.2, 0.25) is 0 Å². The third-order valence-electron chi connectivity index (χ3n) is 6.65. The minimum Gasteiger partial charge on any atom is -0.493 e. The van der Waals surface area contributed by atoms with Crippen LogP contribution in [0.4, 0.5) is 0 Å². The molecule has 1 heterocycles. The highest BCUT2D eigenvalue weighted by Gasteiger charge is 2.15. The summed E-state index contributed by atoms with van der Waals surface area (Å²) in [6, 6.07) is 21.2. The van der Waals surface area contributed by atoms with Crippen molar-refractivity contribution in [2.75, 3.05) is 6.61 Å². The third kappa shape index (κ3) is 5.06. The zero-order valence-electron chi connectivity index (χ0n) is 20.5. The number of para-hydroxylation sites is 1. The second-order valence-electron chi connectivity index (χ2n) is 9.30. The normalized spacial score (nSPS) is 11.5. The number of nitrogens with zero attached hydrogens (tertiary/aromatic N) is 2. The van der Waals surface area contributed by atoms with E-state index in [9.17, 15) is 0 Å². The molecule has 176 valence electrons. The molecule has 0 radical (unpaired) electrons. The number of benzene rings is 4. The van der Waals surface area contributed by atoms with Crippen molar-refractivity contribution in [2.45, 2.75) is 45.4 Å². The molecule has 0 fully saturated rings. The Hall–Kier alpha value is -2.92. The Morgan fingerprint density at radius 2 is 1.54 bits per heavy atom. The van der Waals surface area contributed by atoms with Gasteiger partial charge < -0.3 is 4.74 Å². The highest BCUT2D eigenvalue weighted by Crippen LogP contribution is 2.36. The van der Waals surface area contributed by atoms with Gasteiger partial charge in [0.2, 0.25) is 0 Å². The fourth-order valence-corrected chi connectivity index (χ4v) is 5.17. The maximum atomic E-state index is 6.23. The highest BCUT2D eigenvalue weighted by molar-refractivity contribution is 9.10. The largest absolute Gasteiger partial charge is 0.493 e. The average Bonchev–Trinajstić information content (AvgIpc) is 2.88. The van der Waals surface area contributed by atoms with E-state index in [2.05, 4.69) is 73.2 Å². The Morgan fingerprint density at radius 3 is 2.40 bits per heavy atom. The Kier molecular flexibility index (Phi) is 7.33. The number of unbranched alkanes of at least 4 members (excludes halogenated alkanes) is 5. The van der Waals surface area contributed by atoms with Gasteiger partial charge in [0, 0.05) is 20.8 Å². The van der Waals surface area contributed by atoms with Gasteiger partial charge in [-0.2, -0.15) is 0 Å². The van der Waals surface area contributed by atoms with Crippen LogP contribution in [-0.2, 0) is 0 Å². The first kappa shape index (κ1) is 23.8. The van der Waals surface area contributed by atoms with Crippen LogP contribution in [0.3, 0.4) is 0 Å². The first-order valence-corrected chi connectivity index (χ1v) is 13.5. The van der Waals surface area contributed by atoms with Gasteiger partial charge in [-0.15, -0.1) is 0 Å². The molecule has 5 aromatic rings. The van der Waals surface area contributed by atoms with E-state index in [0.717, 1.165) is 56.3 Å². The molecule has 0 spiro atoms. The SMILES string of the molecule is Bc1ccc2c3ccc(Br)cc3c3ncc(-c4ccccc4OCCCCCCCC)nc3c2c1. The van der Waals surface area contributed by atoms with Crippen molar-refractivity contribution < 1.29 is 4.74 Å². The Balaban J connectivity index is 1.54. The molecule has 0 saturated carbocycles. The van der Waals surface area contributed by atoms with Gasteiger partial charge in [0.15, 0.2) is 0 Å². The molecule has 0 aliphatic carbocycles. The number of hydrogen-bond donors (Lipinski definition) is 0. The molecular weight excluding hydrogens is 495 g/mol. The summed E-state index contributed by atoms with van der Waals surface area (Å²) in [5.74, 6) is 0.874. The lowest BCUT2D eigenvalue weighted by molar-refractivity contribution is 0.305. The van der Waals surface area contributed by atoms with Gasteiger partial charge in [0.25, 0.3) is 0 Å². The third-order valence-corrected chi connectivity index (χ3v) is 7.14. The number of halogens is 1. The molecule has 35 heavy (non-hydrogen) atoms. The Bertz CT molecular complexity index is 1500. The molecule has 0 N–H and O–H groups in total. The summed E-state index contributed by atoms with van der Waals surface area (Å²) in [6.45, 7) is 2.98. The first-order chi connectivity index (χ1) is 17.2. The molecule has 0 atom stereocenters. The zero-order chi connectivity index (χ0) is 24.2. The molecule has 4 aromatic carbocycles. The van der Waals surface area contributed by atoms with Crippen LogP contribution in [0.5, 0.6) is 5.75 Å². The van der Waals surface area contributed by atoms with Crippen molar-refractivity contribution >= 4 is 61.8 Å². The fraction of sp³-hybridized carbons (Fsp3) is 0.267. The van der Waals surface area contributed by atoms with Crippen LogP contribution in [0, 0.1) is 0 Å². The number of hydrogen-bond acceptors (Lipinski definition) is 3. The number of fused-ring (bicyclic) bond motifs is 6. The van der Waals surface area contributed by atoms with E-state index in [4.69, 9.17) is 14.7 Å². The number of ether oxygens (including phenoxy) is 1. The molecule has 3 nitrogen and oxygen atoms in total. The molecular formula is C30H30BBrN2O. The lowest BCUT2D eigenvalue weighted by Crippen LogP contribution is -2.02.